The Bertz CT molecular complexity index is 1110. The first-order valence-corrected chi connectivity index (χ1v) is 8.93. The van der Waals surface area contributed by atoms with Gasteiger partial charge in [0.05, 0.1) is 5.52 Å². The van der Waals surface area contributed by atoms with Crippen LogP contribution in [0.25, 0.3) is 33.1 Å². The van der Waals surface area contributed by atoms with E-state index in [0.29, 0.717) is 0 Å². The summed E-state index contributed by atoms with van der Waals surface area (Å²) in [6, 6.07) is 17.2. The smallest absolute Gasteiger partial charge is 0.139 e. The lowest BCUT2D eigenvalue weighted by atomic mass is 9.94. The lowest BCUT2D eigenvalue weighted by Gasteiger charge is -2.19. The van der Waals surface area contributed by atoms with E-state index in [2.05, 4.69) is 72.5 Å². The van der Waals surface area contributed by atoms with Gasteiger partial charge in [0.25, 0.3) is 0 Å². The Morgan fingerprint density at radius 3 is 2.64 bits per heavy atom. The molecule has 0 atom stereocenters. The SMILES string of the molecule is CN(C)c1ccccc1-c1c2ccccc2nc2[nH]c3c(c12)CCC3. The summed E-state index contributed by atoms with van der Waals surface area (Å²) in [6.45, 7) is 0. The first-order chi connectivity index (χ1) is 12.2. The molecule has 0 saturated carbocycles. The van der Waals surface area contributed by atoms with Crippen molar-refractivity contribution in [2.75, 3.05) is 19.0 Å². The number of H-pyrrole nitrogens is 1. The molecule has 25 heavy (non-hydrogen) atoms. The van der Waals surface area contributed by atoms with Crippen LogP contribution in [0.3, 0.4) is 0 Å². The van der Waals surface area contributed by atoms with Gasteiger partial charge < -0.3 is 9.88 Å². The number of aromatic nitrogens is 2. The van der Waals surface area contributed by atoms with Gasteiger partial charge in [-0.1, -0.05) is 36.4 Å². The van der Waals surface area contributed by atoms with Gasteiger partial charge in [-0.2, -0.15) is 0 Å². The number of benzene rings is 2. The third kappa shape index (κ3) is 2.08. The number of anilines is 1. The molecule has 4 aromatic rings. The molecule has 0 amide bonds. The molecule has 0 spiro atoms. The van der Waals surface area contributed by atoms with Crippen molar-refractivity contribution in [2.45, 2.75) is 19.3 Å². The van der Waals surface area contributed by atoms with Gasteiger partial charge >= 0.3 is 0 Å². The molecule has 5 rings (SSSR count). The van der Waals surface area contributed by atoms with Crippen LogP contribution in [-0.4, -0.2) is 24.1 Å². The highest BCUT2D eigenvalue weighted by atomic mass is 15.1. The molecule has 3 heteroatoms. The highest BCUT2D eigenvalue weighted by molar-refractivity contribution is 6.12. The summed E-state index contributed by atoms with van der Waals surface area (Å²) in [4.78, 5) is 10.7. The summed E-state index contributed by atoms with van der Waals surface area (Å²) in [5.74, 6) is 0. The van der Waals surface area contributed by atoms with Crippen LogP contribution >= 0.6 is 0 Å². The van der Waals surface area contributed by atoms with Crippen molar-refractivity contribution in [3.8, 4) is 11.1 Å². The molecule has 1 aliphatic rings. The average molecular weight is 327 g/mol. The van der Waals surface area contributed by atoms with Gasteiger partial charge in [-0.15, -0.1) is 0 Å². The van der Waals surface area contributed by atoms with Crippen molar-refractivity contribution in [1.29, 1.82) is 0 Å². The average Bonchev–Trinajstić information content (AvgIpc) is 3.20. The molecule has 0 fully saturated rings. The zero-order chi connectivity index (χ0) is 17.0. The Hall–Kier alpha value is -2.81. The third-order valence-corrected chi connectivity index (χ3v) is 5.34. The number of hydrogen-bond acceptors (Lipinski definition) is 2. The predicted molar refractivity (Wildman–Crippen MR) is 105 cm³/mol. The van der Waals surface area contributed by atoms with Crippen LogP contribution in [0.4, 0.5) is 5.69 Å². The number of aryl methyl sites for hydroxylation is 2. The summed E-state index contributed by atoms with van der Waals surface area (Å²) < 4.78 is 0. The van der Waals surface area contributed by atoms with E-state index in [4.69, 9.17) is 4.98 Å². The summed E-state index contributed by atoms with van der Waals surface area (Å²) in [7, 11) is 4.22. The van der Waals surface area contributed by atoms with E-state index < -0.39 is 0 Å². The zero-order valence-electron chi connectivity index (χ0n) is 14.6. The minimum atomic E-state index is 1.03. The first kappa shape index (κ1) is 14.5. The molecule has 1 aliphatic carbocycles. The van der Waals surface area contributed by atoms with Gasteiger partial charge in [-0.25, -0.2) is 4.98 Å². The fourth-order valence-corrected chi connectivity index (χ4v) is 4.25. The van der Waals surface area contributed by atoms with E-state index in [1.807, 2.05) is 0 Å². The quantitative estimate of drug-likeness (QED) is 0.565. The monoisotopic (exact) mass is 327 g/mol. The normalized spacial score (nSPS) is 13.5. The molecular formula is C22H21N3. The van der Waals surface area contributed by atoms with E-state index >= 15 is 0 Å². The summed E-state index contributed by atoms with van der Waals surface area (Å²) in [5, 5.41) is 2.55. The Morgan fingerprint density at radius 2 is 1.76 bits per heavy atom. The number of rotatable bonds is 2. The van der Waals surface area contributed by atoms with Crippen molar-refractivity contribution in [3.05, 3.63) is 59.8 Å². The van der Waals surface area contributed by atoms with E-state index in [0.717, 1.165) is 24.0 Å². The summed E-state index contributed by atoms with van der Waals surface area (Å²) >= 11 is 0. The topological polar surface area (TPSA) is 31.9 Å². The van der Waals surface area contributed by atoms with E-state index in [9.17, 15) is 0 Å². The molecule has 2 aromatic heterocycles. The number of aromatic amines is 1. The highest BCUT2D eigenvalue weighted by Gasteiger charge is 2.23. The molecule has 124 valence electrons. The Labute approximate surface area is 147 Å². The van der Waals surface area contributed by atoms with E-state index in [-0.39, 0.29) is 0 Å². The largest absolute Gasteiger partial charge is 0.377 e. The third-order valence-electron chi connectivity index (χ3n) is 5.34. The number of para-hydroxylation sites is 2. The van der Waals surface area contributed by atoms with Gasteiger partial charge in [0.15, 0.2) is 0 Å². The van der Waals surface area contributed by atoms with Crippen molar-refractivity contribution in [3.63, 3.8) is 0 Å². The van der Waals surface area contributed by atoms with Crippen LogP contribution in [0.1, 0.15) is 17.7 Å². The lowest BCUT2D eigenvalue weighted by Crippen LogP contribution is -2.10. The minimum absolute atomic E-state index is 1.03. The van der Waals surface area contributed by atoms with Gasteiger partial charge in [0.1, 0.15) is 5.65 Å². The van der Waals surface area contributed by atoms with Gasteiger partial charge in [0.2, 0.25) is 0 Å². The molecule has 0 radical (unpaired) electrons. The number of nitrogens with one attached hydrogen (secondary N) is 1. The van der Waals surface area contributed by atoms with E-state index in [1.165, 1.54) is 45.3 Å². The maximum atomic E-state index is 4.93. The molecule has 0 bridgehead atoms. The molecule has 0 unspecified atom stereocenters. The van der Waals surface area contributed by atoms with Crippen molar-refractivity contribution in [1.82, 2.24) is 9.97 Å². The Kier molecular flexibility index (Phi) is 3.11. The van der Waals surface area contributed by atoms with Crippen LogP contribution < -0.4 is 4.90 Å². The van der Waals surface area contributed by atoms with Gasteiger partial charge in [0, 0.05) is 47.4 Å². The van der Waals surface area contributed by atoms with Gasteiger partial charge in [-0.3, -0.25) is 0 Å². The van der Waals surface area contributed by atoms with Gasteiger partial charge in [-0.05, 0) is 37.0 Å². The molecule has 2 aromatic carbocycles. The van der Waals surface area contributed by atoms with Crippen molar-refractivity contribution < 1.29 is 0 Å². The molecular weight excluding hydrogens is 306 g/mol. The maximum Gasteiger partial charge on any atom is 0.139 e. The van der Waals surface area contributed by atoms with Crippen LogP contribution in [-0.2, 0) is 12.8 Å². The second kappa shape index (κ2) is 5.35. The summed E-state index contributed by atoms with van der Waals surface area (Å²) in [5.41, 5.74) is 8.78. The molecule has 1 N–H and O–H groups in total. The maximum absolute atomic E-state index is 4.93. The Morgan fingerprint density at radius 1 is 0.960 bits per heavy atom. The van der Waals surface area contributed by atoms with Crippen molar-refractivity contribution >= 4 is 27.6 Å². The fourth-order valence-electron chi connectivity index (χ4n) is 4.25. The second-order valence-electron chi connectivity index (χ2n) is 7.07. The standard InChI is InChI=1S/C22H21N3/c1-25(2)19-13-6-4-9-16(19)20-14-8-3-5-11-17(14)23-22-21(20)15-10-7-12-18(15)24-22/h3-6,8-9,11,13H,7,10,12H2,1-2H3,(H,23,24). The second-order valence-corrected chi connectivity index (χ2v) is 7.07. The van der Waals surface area contributed by atoms with Crippen LogP contribution in [0.5, 0.6) is 0 Å². The highest BCUT2D eigenvalue weighted by Crippen LogP contribution is 2.43. The number of pyridine rings is 1. The fraction of sp³-hybridized carbons (Fsp3) is 0.227. The number of fused-ring (bicyclic) bond motifs is 4. The lowest BCUT2D eigenvalue weighted by molar-refractivity contribution is 0.898. The molecule has 0 saturated heterocycles. The number of hydrogen-bond donors (Lipinski definition) is 1. The van der Waals surface area contributed by atoms with Crippen LogP contribution in [0.15, 0.2) is 48.5 Å². The minimum Gasteiger partial charge on any atom is -0.377 e. The Balaban J connectivity index is 1.99. The van der Waals surface area contributed by atoms with Crippen LogP contribution in [0, 0.1) is 0 Å². The van der Waals surface area contributed by atoms with E-state index in [1.54, 1.807) is 0 Å². The first-order valence-electron chi connectivity index (χ1n) is 8.93. The van der Waals surface area contributed by atoms with Crippen molar-refractivity contribution in [2.24, 2.45) is 0 Å². The summed E-state index contributed by atoms with van der Waals surface area (Å²) in [6.07, 6.45) is 3.52. The predicted octanol–water partition coefficient (Wildman–Crippen LogP) is 4.94. The zero-order valence-corrected chi connectivity index (χ0v) is 14.6. The van der Waals surface area contributed by atoms with Crippen LogP contribution in [0.2, 0.25) is 0 Å². The molecule has 0 aliphatic heterocycles. The number of nitrogens with zero attached hydrogens (tertiary/aromatic N) is 2. The molecule has 3 nitrogen and oxygen atoms in total. The molecule has 2 heterocycles.